The van der Waals surface area contributed by atoms with Crippen molar-refractivity contribution >= 4 is 15.9 Å². The van der Waals surface area contributed by atoms with Crippen molar-refractivity contribution < 1.29 is 44.3 Å². The van der Waals surface area contributed by atoms with Crippen molar-refractivity contribution in [2.45, 2.75) is 133 Å². The number of benzene rings is 1. The third kappa shape index (κ3) is 8.60. The molecule has 0 radical (unpaired) electrons. The third-order valence-corrected chi connectivity index (χ3v) is 9.82. The summed E-state index contributed by atoms with van der Waals surface area (Å²) in [5.74, 6) is -2.19. The summed E-state index contributed by atoms with van der Waals surface area (Å²) in [4.78, 5) is 11.3. The maximum absolute atomic E-state index is 14.8. The molecule has 14 heteroatoms. The van der Waals surface area contributed by atoms with E-state index in [1.807, 2.05) is 0 Å². The van der Waals surface area contributed by atoms with E-state index in [1.54, 1.807) is 12.1 Å². The molecule has 1 aromatic carbocycles. The number of carbonyl (C=O) groups is 1. The van der Waals surface area contributed by atoms with Crippen LogP contribution >= 0.6 is 0 Å². The van der Waals surface area contributed by atoms with Crippen molar-refractivity contribution in [2.75, 3.05) is 13.2 Å². The van der Waals surface area contributed by atoms with Gasteiger partial charge in [-0.25, -0.2) is 13.1 Å². The fraction of sp³-hybridized carbons (Fsp3) is 0.767. The number of alkyl halides is 6. The number of unbranched alkanes of at least 4 members (excludes halogenated alkanes) is 7. The van der Waals surface area contributed by atoms with Crippen LogP contribution in [0, 0.1) is 5.92 Å². The quantitative estimate of drug-likeness (QED) is 0.121. The number of rotatable bonds is 15. The zero-order valence-corrected chi connectivity index (χ0v) is 26.5. The first kappa shape index (κ1) is 36.4. The maximum Gasteiger partial charge on any atom is 0.405 e. The molecule has 44 heavy (non-hydrogen) atoms. The van der Waals surface area contributed by atoms with E-state index in [9.17, 15) is 39.6 Å². The number of amides is 1. The number of piperazine rings is 1. The van der Waals surface area contributed by atoms with Crippen LogP contribution in [0.1, 0.15) is 97.8 Å². The predicted molar refractivity (Wildman–Crippen MR) is 154 cm³/mol. The van der Waals surface area contributed by atoms with Crippen molar-refractivity contribution in [3.63, 3.8) is 0 Å². The highest BCUT2D eigenvalue weighted by atomic mass is 32.2. The molecular weight excluding hydrogens is 612 g/mol. The van der Waals surface area contributed by atoms with Crippen molar-refractivity contribution in [3.8, 4) is 5.75 Å². The number of nitrogens with zero attached hydrogens (tertiary/aromatic N) is 2. The van der Waals surface area contributed by atoms with Crippen molar-refractivity contribution in [2.24, 2.45) is 5.92 Å². The van der Waals surface area contributed by atoms with Gasteiger partial charge in [-0.15, -0.1) is 0 Å². The van der Waals surface area contributed by atoms with Gasteiger partial charge in [0, 0.05) is 18.0 Å². The van der Waals surface area contributed by atoms with E-state index in [-0.39, 0.29) is 30.6 Å². The number of hydrogen-bond donors (Lipinski definition) is 1. The zero-order valence-electron chi connectivity index (χ0n) is 25.6. The average molecular weight is 658 g/mol. The van der Waals surface area contributed by atoms with Crippen LogP contribution < -0.4 is 9.46 Å². The van der Waals surface area contributed by atoms with Crippen LogP contribution in [0.2, 0.25) is 0 Å². The molecule has 1 aromatic rings. The first-order valence-electron chi connectivity index (χ1n) is 15.5. The summed E-state index contributed by atoms with van der Waals surface area (Å²) >= 11 is 0. The Morgan fingerprint density at radius 2 is 1.43 bits per heavy atom. The van der Waals surface area contributed by atoms with Gasteiger partial charge in [0.25, 0.3) is 0 Å². The molecule has 0 atom stereocenters. The molecule has 1 saturated heterocycles. The molecule has 1 heterocycles. The lowest BCUT2D eigenvalue weighted by atomic mass is 9.85. The topological polar surface area (TPSA) is 78.9 Å². The van der Waals surface area contributed by atoms with Gasteiger partial charge in [-0.1, -0.05) is 51.9 Å². The zero-order chi connectivity index (χ0) is 32.8. The second kappa shape index (κ2) is 15.0. The number of halogens is 6. The molecule has 1 saturated carbocycles. The lowest BCUT2D eigenvalue weighted by molar-refractivity contribution is -0.423. The summed E-state index contributed by atoms with van der Waals surface area (Å²) in [7, 11) is -3.97. The molecule has 1 amide bonds. The van der Waals surface area contributed by atoms with Crippen LogP contribution in [0.15, 0.2) is 29.2 Å². The first-order chi connectivity index (χ1) is 20.5. The smallest absolute Gasteiger partial charge is 0.405 e. The summed E-state index contributed by atoms with van der Waals surface area (Å²) in [5.41, 5.74) is 0. The molecule has 2 aliphatic rings. The maximum atomic E-state index is 14.8. The largest absolute Gasteiger partial charge is 0.494 e. The van der Waals surface area contributed by atoms with E-state index in [0.29, 0.717) is 12.4 Å². The van der Waals surface area contributed by atoms with Gasteiger partial charge < -0.3 is 4.74 Å². The fourth-order valence-corrected chi connectivity index (χ4v) is 7.21. The Morgan fingerprint density at radius 1 is 0.886 bits per heavy atom. The SMILES string of the molecule is CCCCCCCCCCOc1ccc(S(=O)(=O)NC2CCC(C(=O)N3CC(F)(F)N(C(C)C)C(F)(F)C3(F)F)CC2)cc1. The lowest BCUT2D eigenvalue weighted by Crippen LogP contribution is -2.76. The third-order valence-electron chi connectivity index (χ3n) is 8.29. The number of sulfonamides is 1. The van der Waals surface area contributed by atoms with Gasteiger partial charge in [0.1, 0.15) is 12.3 Å². The van der Waals surface area contributed by atoms with Gasteiger partial charge in [0.05, 0.1) is 11.5 Å². The lowest BCUT2D eigenvalue weighted by Gasteiger charge is -2.51. The summed E-state index contributed by atoms with van der Waals surface area (Å²) in [6.07, 6.45) is 9.15. The average Bonchev–Trinajstić information content (AvgIpc) is 2.94. The van der Waals surface area contributed by atoms with Crippen LogP contribution in [-0.2, 0) is 14.8 Å². The Bertz CT molecular complexity index is 1180. The van der Waals surface area contributed by atoms with E-state index in [0.717, 1.165) is 33.1 Å². The van der Waals surface area contributed by atoms with Gasteiger partial charge in [-0.2, -0.15) is 31.2 Å². The predicted octanol–water partition coefficient (Wildman–Crippen LogP) is 7.37. The summed E-state index contributed by atoms with van der Waals surface area (Å²) in [6.45, 7) is 2.72. The van der Waals surface area contributed by atoms with Gasteiger partial charge in [-0.3, -0.25) is 9.69 Å². The number of ether oxygens (including phenoxy) is 1. The van der Waals surface area contributed by atoms with Crippen molar-refractivity contribution in [1.29, 1.82) is 0 Å². The number of carbonyl (C=O) groups excluding carboxylic acids is 1. The van der Waals surface area contributed by atoms with Gasteiger partial charge >= 0.3 is 18.1 Å². The molecule has 2 fully saturated rings. The fourth-order valence-electron chi connectivity index (χ4n) is 5.90. The van der Waals surface area contributed by atoms with Crippen LogP contribution in [0.25, 0.3) is 0 Å². The molecule has 0 unspecified atom stereocenters. The second-order valence-electron chi connectivity index (χ2n) is 12.1. The molecule has 7 nitrogen and oxygen atoms in total. The normalized spacial score (nSPS) is 23.5. The molecule has 3 rings (SSSR count). The highest BCUT2D eigenvalue weighted by molar-refractivity contribution is 7.89. The Labute approximate surface area is 256 Å². The van der Waals surface area contributed by atoms with E-state index < -0.39 is 68.4 Å². The highest BCUT2D eigenvalue weighted by Gasteiger charge is 2.75. The number of hydrogen-bond acceptors (Lipinski definition) is 5. The molecule has 1 N–H and O–H groups in total. The Hall–Kier alpha value is -2.06. The minimum atomic E-state index is -5.29. The Morgan fingerprint density at radius 3 is 1.98 bits per heavy atom. The Kier molecular flexibility index (Phi) is 12.4. The van der Waals surface area contributed by atoms with Gasteiger partial charge in [-0.05, 0) is 70.2 Å². The molecular formula is C30H45F6N3O4S. The van der Waals surface area contributed by atoms with Crippen LogP contribution in [-0.4, -0.2) is 67.5 Å². The van der Waals surface area contributed by atoms with Gasteiger partial charge in [0.15, 0.2) is 0 Å². The molecule has 0 bridgehead atoms. The molecule has 0 spiro atoms. The second-order valence-corrected chi connectivity index (χ2v) is 13.8. The van der Waals surface area contributed by atoms with E-state index in [1.165, 1.54) is 44.2 Å². The summed E-state index contributed by atoms with van der Waals surface area (Å²) in [6, 6.07) is -11.2. The minimum absolute atomic E-state index is 0.0118. The van der Waals surface area contributed by atoms with Crippen molar-refractivity contribution in [3.05, 3.63) is 24.3 Å². The monoisotopic (exact) mass is 657 g/mol. The molecule has 252 valence electrons. The van der Waals surface area contributed by atoms with Gasteiger partial charge in [0.2, 0.25) is 15.9 Å². The molecule has 1 aliphatic heterocycles. The van der Waals surface area contributed by atoms with Crippen LogP contribution in [0.4, 0.5) is 26.3 Å². The van der Waals surface area contributed by atoms with E-state index in [4.69, 9.17) is 4.74 Å². The van der Waals surface area contributed by atoms with Crippen molar-refractivity contribution in [1.82, 2.24) is 14.5 Å². The Balaban J connectivity index is 1.49. The first-order valence-corrected chi connectivity index (χ1v) is 17.0. The summed E-state index contributed by atoms with van der Waals surface area (Å²) in [5, 5.41) is 0. The van der Waals surface area contributed by atoms with Crippen LogP contribution in [0.3, 0.4) is 0 Å². The highest BCUT2D eigenvalue weighted by Crippen LogP contribution is 2.50. The summed E-state index contributed by atoms with van der Waals surface area (Å²) < 4.78 is 122. The minimum Gasteiger partial charge on any atom is -0.494 e. The van der Waals surface area contributed by atoms with Crippen LogP contribution in [0.5, 0.6) is 5.75 Å². The standard InChI is InChI=1S/C30H45F6N3O4S/c1-4-5-6-7-8-9-10-11-20-43-25-16-18-26(19-17-25)44(41,42)37-24-14-12-23(13-15-24)27(40)38-21-28(31,32)39(22(2)3)30(35,36)29(38,33)34/h16-19,22-24,37H,4-15,20-21H2,1-3H3. The molecule has 0 aromatic heterocycles. The number of nitrogens with one attached hydrogen (secondary N) is 1. The van der Waals surface area contributed by atoms with E-state index >= 15 is 0 Å². The van der Waals surface area contributed by atoms with E-state index in [2.05, 4.69) is 11.6 Å². The molecule has 1 aliphatic carbocycles.